The van der Waals surface area contributed by atoms with Crippen LogP contribution in [-0.2, 0) is 24.5 Å². The summed E-state index contributed by atoms with van der Waals surface area (Å²) in [5.41, 5.74) is -1.29. The molecular formula is C23H24N2O5. The molecule has 1 N–H and O–H groups in total. The van der Waals surface area contributed by atoms with Crippen LogP contribution < -0.4 is 10.1 Å². The number of carbonyl (C=O) groups excluding carboxylic acids is 3. The third-order valence-electron chi connectivity index (χ3n) is 7.52. The summed E-state index contributed by atoms with van der Waals surface area (Å²) >= 11 is 0. The maximum Gasteiger partial charge on any atom is 0.322 e. The number of benzene rings is 1. The average Bonchev–Trinajstić information content (AvgIpc) is 3.26. The van der Waals surface area contributed by atoms with Crippen LogP contribution in [0.15, 0.2) is 43.0 Å². The zero-order chi connectivity index (χ0) is 21.3. The lowest BCUT2D eigenvalue weighted by molar-refractivity contribution is -0.162. The van der Waals surface area contributed by atoms with Crippen LogP contribution in [0.25, 0.3) is 0 Å². The Balaban J connectivity index is 1.84. The van der Waals surface area contributed by atoms with Crippen molar-refractivity contribution in [3.8, 4) is 5.75 Å². The minimum absolute atomic E-state index is 0.121. The smallest absolute Gasteiger partial charge is 0.322 e. The zero-order valence-electron chi connectivity index (χ0n) is 17.1. The number of anilines is 1. The molecule has 1 aromatic rings. The predicted molar refractivity (Wildman–Crippen MR) is 109 cm³/mol. The highest BCUT2D eigenvalue weighted by molar-refractivity contribution is 6.14. The van der Waals surface area contributed by atoms with Gasteiger partial charge in [0.25, 0.3) is 0 Å². The Labute approximate surface area is 174 Å². The molecule has 4 aliphatic rings. The number of hydrogen-bond donors (Lipinski definition) is 1. The number of nitrogens with zero attached hydrogens (tertiary/aromatic N) is 1. The third kappa shape index (κ3) is 2.01. The number of amides is 1. The standard InChI is InChI=1S/C23H24N2O5/c1-4-21-8-5-10-25-11-9-22(18(21)25)16-12-15(30-14(2)26)6-7-17(16)24-19(27)23(22,13-21)20(28)29-3/h4-8,12,18H,1,9-11,13H2,2-3H3,(H,24,27). The van der Waals surface area contributed by atoms with Gasteiger partial charge in [-0.15, -0.1) is 6.58 Å². The van der Waals surface area contributed by atoms with Gasteiger partial charge < -0.3 is 14.8 Å². The van der Waals surface area contributed by atoms with E-state index in [4.69, 9.17) is 9.47 Å². The Bertz CT molecular complexity index is 1030. The number of methoxy groups -OCH3 is 1. The van der Waals surface area contributed by atoms with Crippen LogP contribution in [0.5, 0.6) is 5.75 Å². The monoisotopic (exact) mass is 408 g/mol. The lowest BCUT2D eigenvalue weighted by Gasteiger charge is -2.48. The largest absolute Gasteiger partial charge is 0.468 e. The molecule has 5 rings (SSSR count). The van der Waals surface area contributed by atoms with E-state index in [-0.39, 0.29) is 18.4 Å². The number of carbonyl (C=O) groups is 3. The van der Waals surface area contributed by atoms with Gasteiger partial charge in [-0.3, -0.25) is 19.3 Å². The van der Waals surface area contributed by atoms with Crippen molar-refractivity contribution in [1.29, 1.82) is 0 Å². The first-order valence-corrected chi connectivity index (χ1v) is 10.1. The Hall–Kier alpha value is -2.93. The van der Waals surface area contributed by atoms with Crippen LogP contribution in [0.3, 0.4) is 0 Å². The Morgan fingerprint density at radius 3 is 2.87 bits per heavy atom. The van der Waals surface area contributed by atoms with E-state index in [2.05, 4.69) is 28.9 Å². The number of hydrogen-bond acceptors (Lipinski definition) is 6. The molecule has 0 bridgehead atoms. The summed E-state index contributed by atoms with van der Waals surface area (Å²) < 4.78 is 10.6. The van der Waals surface area contributed by atoms with Crippen LogP contribution >= 0.6 is 0 Å². The molecule has 156 valence electrons. The first kappa shape index (κ1) is 19.1. The summed E-state index contributed by atoms with van der Waals surface area (Å²) in [4.78, 5) is 40.9. The summed E-state index contributed by atoms with van der Waals surface area (Å²) in [5.74, 6) is -0.902. The van der Waals surface area contributed by atoms with Gasteiger partial charge in [-0.1, -0.05) is 18.2 Å². The second-order valence-corrected chi connectivity index (χ2v) is 8.67. The van der Waals surface area contributed by atoms with Crippen molar-refractivity contribution < 1.29 is 23.9 Å². The summed E-state index contributed by atoms with van der Waals surface area (Å²) in [6.45, 7) is 6.93. The highest BCUT2D eigenvalue weighted by Gasteiger charge is 2.80. The molecule has 1 aromatic carbocycles. The molecule has 3 heterocycles. The second kappa shape index (κ2) is 6.04. The molecule has 4 unspecified atom stereocenters. The maximum atomic E-state index is 13.6. The summed E-state index contributed by atoms with van der Waals surface area (Å²) in [6, 6.07) is 5.08. The number of ether oxygens (including phenoxy) is 2. The van der Waals surface area contributed by atoms with Crippen LogP contribution in [0.4, 0.5) is 5.69 Å². The molecule has 30 heavy (non-hydrogen) atoms. The number of nitrogens with one attached hydrogen (secondary N) is 1. The van der Waals surface area contributed by atoms with E-state index >= 15 is 0 Å². The maximum absolute atomic E-state index is 13.6. The van der Waals surface area contributed by atoms with Gasteiger partial charge in [0.15, 0.2) is 5.41 Å². The Morgan fingerprint density at radius 2 is 2.17 bits per heavy atom. The minimum Gasteiger partial charge on any atom is -0.468 e. The fourth-order valence-electron chi connectivity index (χ4n) is 6.64. The fraction of sp³-hybridized carbons (Fsp3) is 0.435. The molecule has 7 nitrogen and oxygen atoms in total. The molecule has 3 aliphatic heterocycles. The molecule has 1 aliphatic carbocycles. The van der Waals surface area contributed by atoms with Crippen LogP contribution in [-0.4, -0.2) is 49.0 Å². The lowest BCUT2D eigenvalue weighted by Crippen LogP contribution is -2.61. The van der Waals surface area contributed by atoms with E-state index in [0.717, 1.165) is 18.7 Å². The molecule has 4 atom stereocenters. The number of esters is 2. The van der Waals surface area contributed by atoms with Gasteiger partial charge >= 0.3 is 11.9 Å². The lowest BCUT2D eigenvalue weighted by atomic mass is 9.57. The Morgan fingerprint density at radius 1 is 1.37 bits per heavy atom. The van der Waals surface area contributed by atoms with Crippen LogP contribution in [0.2, 0.25) is 0 Å². The van der Waals surface area contributed by atoms with E-state index in [1.54, 1.807) is 18.2 Å². The van der Waals surface area contributed by atoms with E-state index < -0.39 is 28.2 Å². The summed E-state index contributed by atoms with van der Waals surface area (Å²) in [6.07, 6.45) is 6.97. The first-order valence-electron chi connectivity index (χ1n) is 10.1. The Kier molecular flexibility index (Phi) is 3.84. The number of fused-ring (bicyclic) bond motifs is 1. The molecule has 0 radical (unpaired) electrons. The molecule has 0 aromatic heterocycles. The van der Waals surface area contributed by atoms with E-state index in [1.165, 1.54) is 14.0 Å². The van der Waals surface area contributed by atoms with Crippen molar-refractivity contribution >= 4 is 23.5 Å². The van der Waals surface area contributed by atoms with E-state index in [1.807, 2.05) is 6.08 Å². The van der Waals surface area contributed by atoms with Gasteiger partial charge in [-0.05, 0) is 43.1 Å². The topological polar surface area (TPSA) is 84.9 Å². The molecule has 2 fully saturated rings. The van der Waals surface area contributed by atoms with Gasteiger partial charge in [0.05, 0.1) is 7.11 Å². The minimum atomic E-state index is -1.40. The van der Waals surface area contributed by atoms with Gasteiger partial charge in [0.2, 0.25) is 5.91 Å². The van der Waals surface area contributed by atoms with E-state index in [0.29, 0.717) is 17.9 Å². The van der Waals surface area contributed by atoms with Crippen LogP contribution in [0, 0.1) is 10.8 Å². The predicted octanol–water partition coefficient (Wildman–Crippen LogP) is 2.18. The van der Waals surface area contributed by atoms with Gasteiger partial charge in [-0.2, -0.15) is 0 Å². The van der Waals surface area contributed by atoms with Crippen molar-refractivity contribution in [2.75, 3.05) is 25.5 Å². The molecule has 7 heteroatoms. The highest BCUT2D eigenvalue weighted by Crippen LogP contribution is 2.71. The van der Waals surface area contributed by atoms with E-state index in [9.17, 15) is 14.4 Å². The van der Waals surface area contributed by atoms with Gasteiger partial charge in [0.1, 0.15) is 5.75 Å². The number of rotatable bonds is 3. The molecular weight excluding hydrogens is 384 g/mol. The third-order valence-corrected chi connectivity index (χ3v) is 7.52. The molecule has 1 saturated carbocycles. The van der Waals surface area contributed by atoms with Crippen LogP contribution in [0.1, 0.15) is 25.3 Å². The fourth-order valence-corrected chi connectivity index (χ4v) is 6.64. The zero-order valence-corrected chi connectivity index (χ0v) is 17.1. The van der Waals surface area contributed by atoms with Crippen molar-refractivity contribution in [3.05, 3.63) is 48.6 Å². The van der Waals surface area contributed by atoms with Gasteiger partial charge in [-0.25, -0.2) is 0 Å². The van der Waals surface area contributed by atoms with Crippen molar-refractivity contribution in [2.45, 2.75) is 31.2 Å². The SMILES string of the molecule is C=CC12C=CCN3CCC4(c5cc(OC(C)=O)ccc5NC(=O)C4(C(=O)OC)C1)C32. The highest BCUT2D eigenvalue weighted by atomic mass is 16.5. The molecule has 1 amide bonds. The summed E-state index contributed by atoms with van der Waals surface area (Å²) in [7, 11) is 1.33. The first-order chi connectivity index (χ1) is 14.3. The van der Waals surface area contributed by atoms with Crippen molar-refractivity contribution in [1.82, 2.24) is 4.90 Å². The molecule has 1 saturated heterocycles. The van der Waals surface area contributed by atoms with Crippen molar-refractivity contribution in [3.63, 3.8) is 0 Å². The molecule has 1 spiro atoms. The average molecular weight is 408 g/mol. The second-order valence-electron chi connectivity index (χ2n) is 8.67. The summed E-state index contributed by atoms with van der Waals surface area (Å²) in [5, 5.41) is 2.94. The quantitative estimate of drug-likeness (QED) is 0.357. The van der Waals surface area contributed by atoms with Gasteiger partial charge in [0, 0.05) is 36.0 Å². The van der Waals surface area contributed by atoms with Crippen molar-refractivity contribution in [2.24, 2.45) is 10.8 Å². The normalized spacial score (nSPS) is 35.7.